The van der Waals surface area contributed by atoms with E-state index < -0.39 is 18.1 Å². The molecule has 18 heavy (non-hydrogen) atoms. The van der Waals surface area contributed by atoms with E-state index in [1.807, 2.05) is 0 Å². The van der Waals surface area contributed by atoms with Crippen LogP contribution in [0.2, 0.25) is 0 Å². The number of ether oxygens (including phenoxy) is 1. The lowest BCUT2D eigenvalue weighted by Crippen LogP contribution is -2.48. The topological polar surface area (TPSA) is 81.4 Å². The second-order valence-corrected chi connectivity index (χ2v) is 5.10. The standard InChI is InChI=1S/C13H24N2O3/c1-9(13(17)18-2)15-12(16)11(14)8-10-6-4-3-5-7-10/h9-11H,3-8,14H2,1-2H3,(H,15,16)/t9-,11?/m0/s1. The number of rotatable bonds is 5. The Kier molecular flexibility index (Phi) is 6.12. The van der Waals surface area contributed by atoms with Crippen LogP contribution in [0.3, 0.4) is 0 Å². The van der Waals surface area contributed by atoms with E-state index in [9.17, 15) is 9.59 Å². The van der Waals surface area contributed by atoms with E-state index >= 15 is 0 Å². The first kappa shape index (κ1) is 15.0. The zero-order chi connectivity index (χ0) is 13.5. The van der Waals surface area contributed by atoms with Crippen molar-refractivity contribution in [1.29, 1.82) is 0 Å². The molecule has 3 N–H and O–H groups in total. The Labute approximate surface area is 108 Å². The number of nitrogens with one attached hydrogen (secondary N) is 1. The summed E-state index contributed by atoms with van der Waals surface area (Å²) in [5.41, 5.74) is 5.87. The Morgan fingerprint density at radius 3 is 2.50 bits per heavy atom. The monoisotopic (exact) mass is 256 g/mol. The van der Waals surface area contributed by atoms with Crippen LogP contribution in [0.4, 0.5) is 0 Å². The number of esters is 1. The summed E-state index contributed by atoms with van der Waals surface area (Å²) in [6.45, 7) is 1.59. The predicted octanol–water partition coefficient (Wildman–Crippen LogP) is 0.962. The Bertz CT molecular complexity index is 288. The van der Waals surface area contributed by atoms with E-state index in [-0.39, 0.29) is 5.91 Å². The number of nitrogens with two attached hydrogens (primary N) is 1. The van der Waals surface area contributed by atoms with Gasteiger partial charge in [0.05, 0.1) is 13.2 Å². The zero-order valence-corrected chi connectivity index (χ0v) is 11.3. The molecule has 5 nitrogen and oxygen atoms in total. The fraction of sp³-hybridized carbons (Fsp3) is 0.846. The molecule has 0 aromatic heterocycles. The molecule has 1 aliphatic carbocycles. The van der Waals surface area contributed by atoms with Gasteiger partial charge < -0.3 is 15.8 Å². The highest BCUT2D eigenvalue weighted by Crippen LogP contribution is 2.26. The lowest BCUT2D eigenvalue weighted by atomic mass is 9.85. The summed E-state index contributed by atoms with van der Waals surface area (Å²) < 4.78 is 4.55. The van der Waals surface area contributed by atoms with Crippen molar-refractivity contribution in [2.45, 2.75) is 57.5 Å². The maximum atomic E-state index is 11.8. The number of carbonyl (C=O) groups is 2. The zero-order valence-electron chi connectivity index (χ0n) is 11.3. The summed E-state index contributed by atoms with van der Waals surface area (Å²) in [6.07, 6.45) is 6.78. The van der Waals surface area contributed by atoms with E-state index in [0.29, 0.717) is 12.3 Å². The SMILES string of the molecule is COC(=O)[C@H](C)NC(=O)C(N)CC1CCCCC1. The fourth-order valence-corrected chi connectivity index (χ4v) is 2.45. The molecule has 1 saturated carbocycles. The van der Waals surface area contributed by atoms with Gasteiger partial charge in [0.15, 0.2) is 0 Å². The van der Waals surface area contributed by atoms with Crippen molar-refractivity contribution in [3.05, 3.63) is 0 Å². The van der Waals surface area contributed by atoms with Crippen molar-refractivity contribution in [3.63, 3.8) is 0 Å². The molecule has 0 bridgehead atoms. The van der Waals surface area contributed by atoms with E-state index in [1.54, 1.807) is 6.92 Å². The fourth-order valence-electron chi connectivity index (χ4n) is 2.45. The van der Waals surface area contributed by atoms with Crippen LogP contribution >= 0.6 is 0 Å². The summed E-state index contributed by atoms with van der Waals surface area (Å²) in [7, 11) is 1.30. The average Bonchev–Trinajstić information content (AvgIpc) is 2.38. The van der Waals surface area contributed by atoms with Gasteiger partial charge in [-0.05, 0) is 19.3 Å². The van der Waals surface area contributed by atoms with Gasteiger partial charge in [0, 0.05) is 0 Å². The van der Waals surface area contributed by atoms with Crippen molar-refractivity contribution in [3.8, 4) is 0 Å². The second-order valence-electron chi connectivity index (χ2n) is 5.10. The van der Waals surface area contributed by atoms with Crippen molar-refractivity contribution in [2.24, 2.45) is 11.7 Å². The van der Waals surface area contributed by atoms with E-state index in [1.165, 1.54) is 26.4 Å². The Hall–Kier alpha value is -1.10. The molecular formula is C13H24N2O3. The normalized spacial score (nSPS) is 19.9. The van der Waals surface area contributed by atoms with Crippen molar-refractivity contribution >= 4 is 11.9 Å². The molecule has 1 aliphatic rings. The predicted molar refractivity (Wildman–Crippen MR) is 68.8 cm³/mol. The smallest absolute Gasteiger partial charge is 0.328 e. The Morgan fingerprint density at radius 1 is 1.33 bits per heavy atom. The maximum absolute atomic E-state index is 11.8. The van der Waals surface area contributed by atoms with Crippen LogP contribution in [0.25, 0.3) is 0 Å². The molecule has 104 valence electrons. The van der Waals surface area contributed by atoms with Gasteiger partial charge >= 0.3 is 5.97 Å². The molecule has 1 rings (SSSR count). The lowest BCUT2D eigenvalue weighted by Gasteiger charge is -2.24. The molecule has 2 atom stereocenters. The van der Waals surface area contributed by atoms with E-state index in [4.69, 9.17) is 5.73 Å². The molecule has 0 aromatic rings. The molecule has 1 unspecified atom stereocenters. The van der Waals surface area contributed by atoms with Gasteiger partial charge in [-0.2, -0.15) is 0 Å². The lowest BCUT2D eigenvalue weighted by molar-refractivity contribution is -0.144. The van der Waals surface area contributed by atoms with Crippen LogP contribution < -0.4 is 11.1 Å². The summed E-state index contributed by atoms with van der Waals surface area (Å²) >= 11 is 0. The first-order chi connectivity index (χ1) is 8.54. The molecule has 0 aromatic carbocycles. The minimum atomic E-state index is -0.639. The number of methoxy groups -OCH3 is 1. The first-order valence-electron chi connectivity index (χ1n) is 6.68. The third-order valence-electron chi connectivity index (χ3n) is 3.56. The molecule has 1 fully saturated rings. The third-order valence-corrected chi connectivity index (χ3v) is 3.56. The molecule has 0 spiro atoms. The molecule has 0 saturated heterocycles. The number of amides is 1. The number of hydrogen-bond acceptors (Lipinski definition) is 4. The molecule has 0 radical (unpaired) electrons. The van der Waals surface area contributed by atoms with Crippen LogP contribution in [-0.4, -0.2) is 31.1 Å². The molecule has 0 heterocycles. The van der Waals surface area contributed by atoms with Crippen LogP contribution in [0, 0.1) is 5.92 Å². The third kappa shape index (κ3) is 4.64. The number of carbonyl (C=O) groups excluding carboxylic acids is 2. The van der Waals surface area contributed by atoms with Gasteiger partial charge in [0.25, 0.3) is 0 Å². The highest BCUT2D eigenvalue weighted by molar-refractivity contribution is 5.87. The van der Waals surface area contributed by atoms with E-state index in [2.05, 4.69) is 10.1 Å². The molecular weight excluding hydrogens is 232 g/mol. The van der Waals surface area contributed by atoms with Crippen LogP contribution in [0.5, 0.6) is 0 Å². The van der Waals surface area contributed by atoms with Gasteiger partial charge in [-0.15, -0.1) is 0 Å². The minimum Gasteiger partial charge on any atom is -0.467 e. The van der Waals surface area contributed by atoms with Crippen LogP contribution in [0.1, 0.15) is 45.4 Å². The van der Waals surface area contributed by atoms with Gasteiger partial charge in [-0.25, -0.2) is 4.79 Å². The largest absolute Gasteiger partial charge is 0.467 e. The highest BCUT2D eigenvalue weighted by Gasteiger charge is 2.24. The summed E-state index contributed by atoms with van der Waals surface area (Å²) in [5, 5.41) is 2.58. The van der Waals surface area contributed by atoms with Crippen molar-refractivity contribution in [2.75, 3.05) is 7.11 Å². The van der Waals surface area contributed by atoms with Crippen molar-refractivity contribution < 1.29 is 14.3 Å². The minimum absolute atomic E-state index is 0.265. The second kappa shape index (κ2) is 7.36. The summed E-state index contributed by atoms with van der Waals surface area (Å²) in [5.74, 6) is -0.167. The molecule has 0 aliphatic heterocycles. The maximum Gasteiger partial charge on any atom is 0.328 e. The van der Waals surface area contributed by atoms with Gasteiger partial charge in [-0.3, -0.25) is 4.79 Å². The molecule has 1 amide bonds. The summed E-state index contributed by atoms with van der Waals surface area (Å²) in [4.78, 5) is 23.0. The molecule has 5 heteroatoms. The van der Waals surface area contributed by atoms with Gasteiger partial charge in [0.1, 0.15) is 6.04 Å². The van der Waals surface area contributed by atoms with Crippen LogP contribution in [-0.2, 0) is 14.3 Å². The number of hydrogen-bond donors (Lipinski definition) is 2. The Morgan fingerprint density at radius 2 is 1.94 bits per heavy atom. The van der Waals surface area contributed by atoms with Gasteiger partial charge in [0.2, 0.25) is 5.91 Å². The quantitative estimate of drug-likeness (QED) is 0.718. The van der Waals surface area contributed by atoms with Crippen LogP contribution in [0.15, 0.2) is 0 Å². The van der Waals surface area contributed by atoms with E-state index in [0.717, 1.165) is 12.8 Å². The summed E-state index contributed by atoms with van der Waals surface area (Å²) in [6, 6.07) is -1.17. The van der Waals surface area contributed by atoms with Gasteiger partial charge in [-0.1, -0.05) is 32.1 Å². The first-order valence-corrected chi connectivity index (χ1v) is 6.68. The Balaban J connectivity index is 2.33. The average molecular weight is 256 g/mol. The van der Waals surface area contributed by atoms with Crippen molar-refractivity contribution in [1.82, 2.24) is 5.32 Å². The highest BCUT2D eigenvalue weighted by atomic mass is 16.5.